The molecule has 1 aliphatic heterocycles. The number of methoxy groups -OCH3 is 3. The van der Waals surface area contributed by atoms with Gasteiger partial charge in [0.2, 0.25) is 0 Å². The Morgan fingerprint density at radius 3 is 2.18 bits per heavy atom. The summed E-state index contributed by atoms with van der Waals surface area (Å²) in [5, 5.41) is 2.94. The summed E-state index contributed by atoms with van der Waals surface area (Å²) in [4.78, 5) is 26.6. The molecular weight excluding hydrogens is 407 g/mol. The lowest BCUT2D eigenvalue weighted by atomic mass is 10.2. The van der Waals surface area contributed by atoms with Crippen molar-refractivity contribution >= 4 is 46.4 Å². The van der Waals surface area contributed by atoms with E-state index in [1.54, 1.807) is 30.3 Å². The Labute approximate surface area is 171 Å². The summed E-state index contributed by atoms with van der Waals surface area (Å²) in [6.07, 6.45) is 0. The number of anilines is 2. The first-order chi connectivity index (χ1) is 13.4. The maximum absolute atomic E-state index is 13.0. The zero-order valence-corrected chi connectivity index (χ0v) is 16.7. The topological polar surface area (TPSA) is 77.1 Å². The van der Waals surface area contributed by atoms with E-state index in [1.165, 1.54) is 27.4 Å². The van der Waals surface area contributed by atoms with Crippen LogP contribution in [0.1, 0.15) is 0 Å². The van der Waals surface area contributed by atoms with Crippen LogP contribution >= 0.6 is 23.2 Å². The number of rotatable bonds is 6. The van der Waals surface area contributed by atoms with E-state index in [2.05, 4.69) is 5.32 Å². The summed E-state index contributed by atoms with van der Waals surface area (Å²) < 4.78 is 15.7. The van der Waals surface area contributed by atoms with E-state index in [1.807, 2.05) is 0 Å². The van der Waals surface area contributed by atoms with Gasteiger partial charge in [-0.2, -0.15) is 0 Å². The summed E-state index contributed by atoms with van der Waals surface area (Å²) >= 11 is 12.2. The van der Waals surface area contributed by atoms with Gasteiger partial charge in [-0.25, -0.2) is 4.90 Å². The molecule has 1 N–H and O–H groups in total. The molecule has 3 rings (SSSR count). The normalized spacial score (nSPS) is 13.8. The van der Waals surface area contributed by atoms with Crippen molar-refractivity contribution in [1.82, 2.24) is 0 Å². The lowest BCUT2D eigenvalue weighted by Gasteiger charge is -2.18. The Morgan fingerprint density at radius 1 is 0.857 bits per heavy atom. The number of nitrogens with one attached hydrogen (secondary N) is 1. The van der Waals surface area contributed by atoms with Crippen LogP contribution in [0.25, 0.3) is 0 Å². The van der Waals surface area contributed by atoms with Crippen molar-refractivity contribution in [2.45, 2.75) is 0 Å². The largest absolute Gasteiger partial charge is 0.497 e. The first-order valence-corrected chi connectivity index (χ1v) is 8.78. The smallest absolute Gasteiger partial charge is 0.283 e. The van der Waals surface area contributed by atoms with Crippen molar-refractivity contribution in [3.63, 3.8) is 0 Å². The van der Waals surface area contributed by atoms with Crippen LogP contribution < -0.4 is 24.4 Å². The van der Waals surface area contributed by atoms with Crippen molar-refractivity contribution in [3.8, 4) is 17.2 Å². The number of imide groups is 1. The summed E-state index contributed by atoms with van der Waals surface area (Å²) in [5.41, 5.74) is 0.508. The number of hydrogen-bond donors (Lipinski definition) is 1. The molecule has 2 aromatic carbocycles. The minimum absolute atomic E-state index is 0.0970. The van der Waals surface area contributed by atoms with Gasteiger partial charge in [0.05, 0.1) is 32.7 Å². The zero-order valence-electron chi connectivity index (χ0n) is 15.2. The highest BCUT2D eigenvalue weighted by atomic mass is 35.5. The first-order valence-electron chi connectivity index (χ1n) is 8.02. The van der Waals surface area contributed by atoms with E-state index < -0.39 is 11.8 Å². The molecule has 0 bridgehead atoms. The molecule has 0 saturated heterocycles. The summed E-state index contributed by atoms with van der Waals surface area (Å²) in [6, 6.07) is 9.58. The van der Waals surface area contributed by atoms with Crippen LogP contribution in [-0.2, 0) is 9.59 Å². The molecule has 0 saturated carbocycles. The van der Waals surface area contributed by atoms with E-state index in [0.717, 1.165) is 4.90 Å². The van der Waals surface area contributed by atoms with E-state index in [0.29, 0.717) is 28.0 Å². The highest BCUT2D eigenvalue weighted by Gasteiger charge is 2.40. The molecule has 9 heteroatoms. The number of ether oxygens (including phenoxy) is 3. The number of halogens is 2. The van der Waals surface area contributed by atoms with Crippen molar-refractivity contribution in [2.24, 2.45) is 0 Å². The van der Waals surface area contributed by atoms with Gasteiger partial charge in [-0.05, 0) is 30.3 Å². The lowest BCUT2D eigenvalue weighted by Crippen LogP contribution is -2.32. The third-order valence-electron chi connectivity index (χ3n) is 4.08. The van der Waals surface area contributed by atoms with Gasteiger partial charge < -0.3 is 19.5 Å². The minimum Gasteiger partial charge on any atom is -0.497 e. The maximum Gasteiger partial charge on any atom is 0.283 e. The second-order valence-electron chi connectivity index (χ2n) is 5.64. The third-order valence-corrected chi connectivity index (χ3v) is 4.66. The van der Waals surface area contributed by atoms with Crippen molar-refractivity contribution < 1.29 is 23.8 Å². The van der Waals surface area contributed by atoms with Crippen LogP contribution in [0.15, 0.2) is 47.1 Å². The van der Waals surface area contributed by atoms with Gasteiger partial charge >= 0.3 is 0 Å². The Kier molecular flexibility index (Phi) is 5.67. The van der Waals surface area contributed by atoms with Crippen molar-refractivity contribution in [2.75, 3.05) is 31.5 Å². The van der Waals surface area contributed by atoms with Gasteiger partial charge in [-0.3, -0.25) is 9.59 Å². The van der Waals surface area contributed by atoms with Crippen LogP contribution in [0.4, 0.5) is 11.4 Å². The maximum atomic E-state index is 13.0. The average Bonchev–Trinajstić information content (AvgIpc) is 2.91. The quantitative estimate of drug-likeness (QED) is 0.713. The number of carbonyl (C=O) groups is 2. The number of hydrogen-bond acceptors (Lipinski definition) is 6. The van der Waals surface area contributed by atoms with Crippen LogP contribution in [-0.4, -0.2) is 33.1 Å². The minimum atomic E-state index is -0.698. The van der Waals surface area contributed by atoms with Gasteiger partial charge in [0.25, 0.3) is 11.8 Å². The molecule has 28 heavy (non-hydrogen) atoms. The van der Waals surface area contributed by atoms with Crippen molar-refractivity contribution in [3.05, 3.63) is 52.2 Å². The fourth-order valence-corrected chi connectivity index (χ4v) is 3.09. The molecule has 0 radical (unpaired) electrons. The van der Waals surface area contributed by atoms with E-state index >= 15 is 0 Å². The molecule has 2 aromatic rings. The van der Waals surface area contributed by atoms with Crippen LogP contribution in [0.5, 0.6) is 17.2 Å². The lowest BCUT2D eigenvalue weighted by molar-refractivity contribution is -0.120. The van der Waals surface area contributed by atoms with Gasteiger partial charge in [-0.15, -0.1) is 0 Å². The number of benzene rings is 2. The molecule has 2 amide bonds. The molecule has 0 aliphatic carbocycles. The molecule has 0 fully saturated rings. The molecular formula is C19H16Cl2N2O5. The predicted molar refractivity (Wildman–Crippen MR) is 107 cm³/mol. The second-order valence-corrected chi connectivity index (χ2v) is 6.46. The monoisotopic (exact) mass is 422 g/mol. The highest BCUT2D eigenvalue weighted by molar-refractivity contribution is 6.53. The van der Waals surface area contributed by atoms with E-state index in [-0.39, 0.29) is 16.4 Å². The highest BCUT2D eigenvalue weighted by Crippen LogP contribution is 2.38. The van der Waals surface area contributed by atoms with Gasteiger partial charge in [0.1, 0.15) is 28.0 Å². The fourth-order valence-electron chi connectivity index (χ4n) is 2.71. The molecule has 1 aliphatic rings. The Hall–Kier alpha value is -2.90. The average molecular weight is 423 g/mol. The fraction of sp³-hybridized carbons (Fsp3) is 0.158. The SMILES string of the molecule is COc1ccc(OC)c(NC2=C(Cl)C(=O)N(c3cc(Cl)ccc3OC)C2=O)c1. The summed E-state index contributed by atoms with van der Waals surface area (Å²) in [6.45, 7) is 0. The Morgan fingerprint density at radius 2 is 1.54 bits per heavy atom. The van der Waals surface area contributed by atoms with Crippen LogP contribution in [0, 0.1) is 0 Å². The summed E-state index contributed by atoms with van der Waals surface area (Å²) in [7, 11) is 4.41. The van der Waals surface area contributed by atoms with E-state index in [4.69, 9.17) is 37.4 Å². The van der Waals surface area contributed by atoms with Crippen molar-refractivity contribution in [1.29, 1.82) is 0 Å². The molecule has 146 valence electrons. The molecule has 0 atom stereocenters. The molecule has 7 nitrogen and oxygen atoms in total. The second kappa shape index (κ2) is 8.00. The van der Waals surface area contributed by atoms with Crippen LogP contribution in [0.2, 0.25) is 5.02 Å². The predicted octanol–water partition coefficient (Wildman–Crippen LogP) is 3.80. The zero-order chi connectivity index (χ0) is 20.4. The van der Waals surface area contributed by atoms with Gasteiger partial charge in [-0.1, -0.05) is 23.2 Å². The number of carbonyl (C=O) groups excluding carboxylic acids is 2. The number of nitrogens with zero attached hydrogens (tertiary/aromatic N) is 1. The summed E-state index contributed by atoms with van der Waals surface area (Å²) in [5.74, 6) is -0.0743. The molecule has 0 spiro atoms. The number of amides is 2. The Bertz CT molecular complexity index is 990. The first kappa shape index (κ1) is 19.9. The Balaban J connectivity index is 2.00. The van der Waals surface area contributed by atoms with Crippen LogP contribution in [0.3, 0.4) is 0 Å². The third kappa shape index (κ3) is 3.46. The molecule has 1 heterocycles. The van der Waals surface area contributed by atoms with Gasteiger partial charge in [0.15, 0.2) is 0 Å². The van der Waals surface area contributed by atoms with E-state index in [9.17, 15) is 9.59 Å². The van der Waals surface area contributed by atoms with Gasteiger partial charge in [0, 0.05) is 11.1 Å². The molecule has 0 unspecified atom stereocenters. The molecule has 0 aromatic heterocycles. The standard InChI is InChI=1S/C19H16Cl2N2O5/c1-26-11-5-7-14(27-2)12(9-11)22-17-16(21)18(24)23(19(17)25)13-8-10(20)4-6-15(13)28-3/h4-9,22H,1-3H3.